The summed E-state index contributed by atoms with van der Waals surface area (Å²) in [6.07, 6.45) is 0. The van der Waals surface area contributed by atoms with Gasteiger partial charge in [0.05, 0.1) is 5.56 Å². The van der Waals surface area contributed by atoms with E-state index >= 15 is 0 Å². The molecule has 0 aliphatic heterocycles. The first-order chi connectivity index (χ1) is 9.65. The van der Waals surface area contributed by atoms with Crippen molar-refractivity contribution in [3.63, 3.8) is 0 Å². The number of carbonyl (C=O) groups is 1. The van der Waals surface area contributed by atoms with E-state index in [-0.39, 0.29) is 24.6 Å². The van der Waals surface area contributed by atoms with Crippen molar-refractivity contribution in [3.05, 3.63) is 59.9 Å². The van der Waals surface area contributed by atoms with Crippen LogP contribution in [0.15, 0.2) is 48.5 Å². The van der Waals surface area contributed by atoms with E-state index in [1.165, 1.54) is 36.4 Å². The van der Waals surface area contributed by atoms with Gasteiger partial charge >= 0.3 is 5.97 Å². The molecule has 2 aromatic rings. The quantitative estimate of drug-likeness (QED) is 0.824. The highest BCUT2D eigenvalue weighted by molar-refractivity contribution is 5.87. The van der Waals surface area contributed by atoms with E-state index in [4.69, 9.17) is 14.6 Å². The number of aromatic carboxylic acids is 1. The fourth-order valence-electron chi connectivity index (χ4n) is 1.57. The van der Waals surface area contributed by atoms with Crippen LogP contribution in [0.1, 0.15) is 10.4 Å². The van der Waals surface area contributed by atoms with Crippen LogP contribution in [-0.4, -0.2) is 24.3 Å². The molecule has 20 heavy (non-hydrogen) atoms. The number of hydrogen-bond acceptors (Lipinski definition) is 3. The van der Waals surface area contributed by atoms with Gasteiger partial charge in [-0.3, -0.25) is 0 Å². The second-order valence-electron chi connectivity index (χ2n) is 3.98. The average molecular weight is 276 g/mol. The zero-order chi connectivity index (χ0) is 14.4. The molecule has 0 fully saturated rings. The van der Waals surface area contributed by atoms with Gasteiger partial charge in [0.15, 0.2) is 0 Å². The molecule has 104 valence electrons. The van der Waals surface area contributed by atoms with Crippen LogP contribution in [0.5, 0.6) is 11.5 Å². The maximum Gasteiger partial charge on any atom is 0.335 e. The summed E-state index contributed by atoms with van der Waals surface area (Å²) in [6.45, 7) is 0.545. The highest BCUT2D eigenvalue weighted by Gasteiger charge is 2.03. The molecule has 0 aliphatic rings. The van der Waals surface area contributed by atoms with Crippen LogP contribution < -0.4 is 9.47 Å². The number of benzene rings is 2. The molecule has 0 amide bonds. The fraction of sp³-hybridized carbons (Fsp3) is 0.133. The second-order valence-corrected chi connectivity index (χ2v) is 3.98. The van der Waals surface area contributed by atoms with E-state index in [2.05, 4.69) is 0 Å². The molecule has 0 spiro atoms. The van der Waals surface area contributed by atoms with E-state index in [1.54, 1.807) is 12.1 Å². The Hall–Kier alpha value is -2.56. The topological polar surface area (TPSA) is 55.8 Å². The average Bonchev–Trinajstić information content (AvgIpc) is 2.46. The van der Waals surface area contributed by atoms with Gasteiger partial charge < -0.3 is 14.6 Å². The molecule has 4 nitrogen and oxygen atoms in total. The molecule has 0 bridgehead atoms. The molecule has 0 saturated carbocycles. The predicted octanol–water partition coefficient (Wildman–Crippen LogP) is 2.98. The summed E-state index contributed by atoms with van der Waals surface area (Å²) in [5.74, 6) is -0.306. The first kappa shape index (κ1) is 13.9. The number of hydrogen-bond donors (Lipinski definition) is 1. The van der Waals surface area contributed by atoms with Crippen molar-refractivity contribution in [1.82, 2.24) is 0 Å². The maximum atomic E-state index is 12.7. The van der Waals surface area contributed by atoms with E-state index in [0.717, 1.165) is 0 Å². The van der Waals surface area contributed by atoms with E-state index in [1.807, 2.05) is 0 Å². The van der Waals surface area contributed by atoms with Gasteiger partial charge in [0.1, 0.15) is 30.5 Å². The van der Waals surface area contributed by atoms with Crippen LogP contribution in [-0.2, 0) is 0 Å². The third-order valence-corrected chi connectivity index (χ3v) is 2.52. The minimum absolute atomic E-state index is 0.168. The third kappa shape index (κ3) is 3.98. The molecule has 0 aliphatic carbocycles. The zero-order valence-electron chi connectivity index (χ0n) is 10.6. The zero-order valence-corrected chi connectivity index (χ0v) is 10.6. The van der Waals surface area contributed by atoms with Crippen molar-refractivity contribution in [1.29, 1.82) is 0 Å². The molecular weight excluding hydrogens is 263 g/mol. The lowest BCUT2D eigenvalue weighted by atomic mass is 10.2. The molecule has 0 heterocycles. The summed E-state index contributed by atoms with van der Waals surface area (Å²) in [4.78, 5) is 10.8. The van der Waals surface area contributed by atoms with Gasteiger partial charge in [-0.1, -0.05) is 6.07 Å². The smallest absolute Gasteiger partial charge is 0.335 e. The number of ether oxygens (including phenoxy) is 2. The minimum atomic E-state index is -1.00. The lowest BCUT2D eigenvalue weighted by molar-refractivity contribution is 0.0696. The SMILES string of the molecule is O=C(O)c1cccc(OCCOc2ccc(F)cc2)c1. The molecule has 0 saturated heterocycles. The minimum Gasteiger partial charge on any atom is -0.490 e. The Morgan fingerprint density at radius 3 is 2.30 bits per heavy atom. The maximum absolute atomic E-state index is 12.7. The van der Waals surface area contributed by atoms with Gasteiger partial charge in [0.25, 0.3) is 0 Å². The molecular formula is C15H13FO4. The largest absolute Gasteiger partial charge is 0.490 e. The molecule has 0 aromatic heterocycles. The lowest BCUT2D eigenvalue weighted by Gasteiger charge is -2.08. The first-order valence-electron chi connectivity index (χ1n) is 6.00. The standard InChI is InChI=1S/C15H13FO4/c16-12-4-6-13(7-5-12)19-8-9-20-14-3-1-2-11(10-14)15(17)18/h1-7,10H,8-9H2,(H,17,18). The predicted molar refractivity (Wildman–Crippen MR) is 70.8 cm³/mol. The Labute approximate surface area is 115 Å². The fourth-order valence-corrected chi connectivity index (χ4v) is 1.57. The number of halogens is 1. The summed E-state index contributed by atoms with van der Waals surface area (Å²) in [5.41, 5.74) is 0.168. The van der Waals surface area contributed by atoms with Gasteiger partial charge in [-0.05, 0) is 42.5 Å². The Bertz CT molecular complexity index is 581. The summed E-state index contributed by atoms with van der Waals surface area (Å²) >= 11 is 0. The number of carboxylic acid groups (broad SMARTS) is 1. The Morgan fingerprint density at radius 2 is 1.65 bits per heavy atom. The van der Waals surface area contributed by atoms with Gasteiger partial charge in [-0.2, -0.15) is 0 Å². The van der Waals surface area contributed by atoms with Crippen molar-refractivity contribution in [2.24, 2.45) is 0 Å². The lowest BCUT2D eigenvalue weighted by Crippen LogP contribution is -2.09. The van der Waals surface area contributed by atoms with E-state index < -0.39 is 5.97 Å². The summed E-state index contributed by atoms with van der Waals surface area (Å²) < 4.78 is 23.4. The van der Waals surface area contributed by atoms with Crippen molar-refractivity contribution < 1.29 is 23.8 Å². The van der Waals surface area contributed by atoms with Crippen molar-refractivity contribution >= 4 is 5.97 Å². The third-order valence-electron chi connectivity index (χ3n) is 2.52. The summed E-state index contributed by atoms with van der Waals surface area (Å²) in [6, 6.07) is 11.9. The monoisotopic (exact) mass is 276 g/mol. The van der Waals surface area contributed by atoms with Crippen LogP contribution in [0.3, 0.4) is 0 Å². The Kier molecular flexibility index (Phi) is 4.55. The van der Waals surface area contributed by atoms with Crippen molar-refractivity contribution in [2.45, 2.75) is 0 Å². The van der Waals surface area contributed by atoms with Crippen LogP contribution in [0.2, 0.25) is 0 Å². The highest BCUT2D eigenvalue weighted by Crippen LogP contribution is 2.14. The van der Waals surface area contributed by atoms with Crippen molar-refractivity contribution in [2.75, 3.05) is 13.2 Å². The van der Waals surface area contributed by atoms with Crippen LogP contribution in [0.4, 0.5) is 4.39 Å². The van der Waals surface area contributed by atoms with E-state index in [9.17, 15) is 9.18 Å². The van der Waals surface area contributed by atoms with Gasteiger partial charge in [-0.15, -0.1) is 0 Å². The summed E-state index contributed by atoms with van der Waals surface area (Å²) in [5, 5.41) is 8.84. The number of rotatable bonds is 6. The Morgan fingerprint density at radius 1 is 1.00 bits per heavy atom. The first-order valence-corrected chi connectivity index (χ1v) is 6.00. The van der Waals surface area contributed by atoms with Gasteiger partial charge in [0.2, 0.25) is 0 Å². The number of carboxylic acids is 1. The van der Waals surface area contributed by atoms with Crippen molar-refractivity contribution in [3.8, 4) is 11.5 Å². The highest BCUT2D eigenvalue weighted by atomic mass is 19.1. The molecule has 0 unspecified atom stereocenters. The van der Waals surface area contributed by atoms with Gasteiger partial charge in [-0.25, -0.2) is 9.18 Å². The molecule has 5 heteroatoms. The molecule has 1 N–H and O–H groups in total. The Balaban J connectivity index is 1.79. The molecule has 2 rings (SSSR count). The molecule has 0 radical (unpaired) electrons. The normalized spacial score (nSPS) is 10.1. The summed E-state index contributed by atoms with van der Waals surface area (Å²) in [7, 11) is 0. The molecule has 2 aromatic carbocycles. The van der Waals surface area contributed by atoms with Crippen LogP contribution >= 0.6 is 0 Å². The second kappa shape index (κ2) is 6.56. The van der Waals surface area contributed by atoms with Crippen LogP contribution in [0.25, 0.3) is 0 Å². The van der Waals surface area contributed by atoms with Crippen LogP contribution in [0, 0.1) is 5.82 Å². The molecule has 0 atom stereocenters. The van der Waals surface area contributed by atoms with E-state index in [0.29, 0.717) is 11.5 Å². The van der Waals surface area contributed by atoms with Gasteiger partial charge in [0, 0.05) is 0 Å².